The van der Waals surface area contributed by atoms with Crippen molar-refractivity contribution < 1.29 is 14.7 Å². The summed E-state index contributed by atoms with van der Waals surface area (Å²) >= 11 is 1.65. The van der Waals surface area contributed by atoms with E-state index in [-0.39, 0.29) is 24.1 Å². The van der Waals surface area contributed by atoms with Crippen LogP contribution in [0.3, 0.4) is 0 Å². The summed E-state index contributed by atoms with van der Waals surface area (Å²) in [4.78, 5) is 21.4. The van der Waals surface area contributed by atoms with E-state index in [9.17, 15) is 9.59 Å². The van der Waals surface area contributed by atoms with Gasteiger partial charge in [0.05, 0.1) is 11.7 Å². The van der Waals surface area contributed by atoms with Gasteiger partial charge in [-0.05, 0) is 18.6 Å². The SMILES string of the molecule is O=C(O)CCNC(=O)C1CCCS1. The Morgan fingerprint density at radius 3 is 2.85 bits per heavy atom. The Bertz CT molecular complexity index is 202. The molecule has 0 radical (unpaired) electrons. The first-order chi connectivity index (χ1) is 6.20. The average Bonchev–Trinajstić information content (AvgIpc) is 2.55. The van der Waals surface area contributed by atoms with Crippen molar-refractivity contribution in [2.24, 2.45) is 0 Å². The Kier molecular flexibility index (Phi) is 4.08. The number of carboxylic acids is 1. The average molecular weight is 203 g/mol. The molecule has 0 aliphatic carbocycles. The van der Waals surface area contributed by atoms with E-state index < -0.39 is 5.97 Å². The van der Waals surface area contributed by atoms with Crippen LogP contribution in [0.1, 0.15) is 19.3 Å². The quantitative estimate of drug-likeness (QED) is 0.697. The molecule has 5 heteroatoms. The van der Waals surface area contributed by atoms with Gasteiger partial charge in [0.2, 0.25) is 5.91 Å². The van der Waals surface area contributed by atoms with Crippen molar-refractivity contribution in [1.29, 1.82) is 0 Å². The van der Waals surface area contributed by atoms with Gasteiger partial charge < -0.3 is 10.4 Å². The zero-order valence-corrected chi connectivity index (χ0v) is 8.10. The van der Waals surface area contributed by atoms with Crippen LogP contribution < -0.4 is 5.32 Å². The highest BCUT2D eigenvalue weighted by molar-refractivity contribution is 8.00. The van der Waals surface area contributed by atoms with E-state index in [0.717, 1.165) is 18.6 Å². The van der Waals surface area contributed by atoms with E-state index in [4.69, 9.17) is 5.11 Å². The van der Waals surface area contributed by atoms with Gasteiger partial charge in [0.25, 0.3) is 0 Å². The molecule has 0 spiro atoms. The molecule has 0 bridgehead atoms. The third-order valence-electron chi connectivity index (χ3n) is 1.86. The molecule has 0 aromatic heterocycles. The van der Waals surface area contributed by atoms with Gasteiger partial charge in [0.15, 0.2) is 0 Å². The lowest BCUT2D eigenvalue weighted by Crippen LogP contribution is -2.32. The van der Waals surface area contributed by atoms with Gasteiger partial charge in [0.1, 0.15) is 0 Å². The summed E-state index contributed by atoms with van der Waals surface area (Å²) in [5, 5.41) is 11.0. The summed E-state index contributed by atoms with van der Waals surface area (Å²) < 4.78 is 0. The van der Waals surface area contributed by atoms with Gasteiger partial charge in [-0.2, -0.15) is 0 Å². The molecule has 0 saturated carbocycles. The molecule has 1 atom stereocenters. The Morgan fingerprint density at radius 1 is 1.54 bits per heavy atom. The second kappa shape index (κ2) is 5.11. The molecule has 1 saturated heterocycles. The molecule has 74 valence electrons. The summed E-state index contributed by atoms with van der Waals surface area (Å²) in [5.74, 6) is 0.153. The summed E-state index contributed by atoms with van der Waals surface area (Å²) in [6.45, 7) is 0.241. The van der Waals surface area contributed by atoms with Crippen LogP contribution in [0.4, 0.5) is 0 Å². The smallest absolute Gasteiger partial charge is 0.305 e. The van der Waals surface area contributed by atoms with Crippen molar-refractivity contribution in [2.45, 2.75) is 24.5 Å². The normalized spacial score (nSPS) is 21.4. The Hall–Kier alpha value is -0.710. The van der Waals surface area contributed by atoms with Gasteiger partial charge in [0, 0.05) is 6.54 Å². The first kappa shape index (κ1) is 10.4. The third kappa shape index (κ3) is 3.67. The summed E-state index contributed by atoms with van der Waals surface area (Å²) in [5.41, 5.74) is 0. The molecule has 1 amide bonds. The number of carbonyl (C=O) groups excluding carboxylic acids is 1. The van der Waals surface area contributed by atoms with Crippen LogP contribution >= 0.6 is 11.8 Å². The molecule has 13 heavy (non-hydrogen) atoms. The monoisotopic (exact) mass is 203 g/mol. The molecule has 1 unspecified atom stereocenters. The van der Waals surface area contributed by atoms with E-state index in [1.165, 1.54) is 0 Å². The van der Waals surface area contributed by atoms with E-state index in [0.29, 0.717) is 0 Å². The Morgan fingerprint density at radius 2 is 2.31 bits per heavy atom. The van der Waals surface area contributed by atoms with Crippen LogP contribution in [0, 0.1) is 0 Å². The predicted octanol–water partition coefficient (Wildman–Crippen LogP) is 0.473. The lowest BCUT2D eigenvalue weighted by molar-refractivity contribution is -0.136. The third-order valence-corrected chi connectivity index (χ3v) is 3.24. The first-order valence-electron chi connectivity index (χ1n) is 4.31. The molecular weight excluding hydrogens is 190 g/mol. The standard InChI is InChI=1S/C8H13NO3S/c10-7(11)3-4-9-8(12)6-2-1-5-13-6/h6H,1-5H2,(H,9,12)(H,10,11). The molecule has 1 aliphatic rings. The van der Waals surface area contributed by atoms with Crippen LogP contribution in [0.15, 0.2) is 0 Å². The van der Waals surface area contributed by atoms with Crippen molar-refractivity contribution in [3.05, 3.63) is 0 Å². The Labute approximate surface area is 81.1 Å². The second-order valence-electron chi connectivity index (χ2n) is 2.94. The molecule has 1 heterocycles. The Balaban J connectivity index is 2.13. The van der Waals surface area contributed by atoms with Crippen LogP contribution in [0.2, 0.25) is 0 Å². The van der Waals surface area contributed by atoms with Crippen molar-refractivity contribution in [2.75, 3.05) is 12.3 Å². The minimum absolute atomic E-state index is 0.00310. The van der Waals surface area contributed by atoms with Crippen molar-refractivity contribution >= 4 is 23.6 Å². The number of hydrogen-bond donors (Lipinski definition) is 2. The van der Waals surface area contributed by atoms with Crippen molar-refractivity contribution in [3.63, 3.8) is 0 Å². The van der Waals surface area contributed by atoms with Crippen LogP contribution in [-0.2, 0) is 9.59 Å². The molecule has 1 rings (SSSR count). The van der Waals surface area contributed by atoms with E-state index in [1.807, 2.05) is 0 Å². The fourth-order valence-corrected chi connectivity index (χ4v) is 2.38. The van der Waals surface area contributed by atoms with Crippen molar-refractivity contribution in [1.82, 2.24) is 5.32 Å². The van der Waals surface area contributed by atoms with Crippen molar-refractivity contribution in [3.8, 4) is 0 Å². The van der Waals surface area contributed by atoms with Gasteiger partial charge in [-0.3, -0.25) is 9.59 Å². The van der Waals surface area contributed by atoms with E-state index in [2.05, 4.69) is 5.32 Å². The zero-order chi connectivity index (χ0) is 9.68. The maximum absolute atomic E-state index is 11.3. The number of amides is 1. The predicted molar refractivity (Wildman–Crippen MR) is 50.7 cm³/mol. The highest BCUT2D eigenvalue weighted by Gasteiger charge is 2.22. The molecule has 0 aromatic carbocycles. The lowest BCUT2D eigenvalue weighted by Gasteiger charge is -2.08. The summed E-state index contributed by atoms with van der Waals surface area (Å²) in [6.07, 6.45) is 2.01. The lowest BCUT2D eigenvalue weighted by atomic mass is 10.2. The topological polar surface area (TPSA) is 66.4 Å². The van der Waals surface area contributed by atoms with Gasteiger partial charge >= 0.3 is 5.97 Å². The fraction of sp³-hybridized carbons (Fsp3) is 0.750. The summed E-state index contributed by atoms with van der Waals surface area (Å²) in [6, 6.07) is 0. The zero-order valence-electron chi connectivity index (χ0n) is 7.28. The number of carbonyl (C=O) groups is 2. The van der Waals surface area contributed by atoms with Gasteiger partial charge in [-0.15, -0.1) is 11.8 Å². The molecule has 1 fully saturated rings. The molecular formula is C8H13NO3S. The minimum Gasteiger partial charge on any atom is -0.481 e. The molecule has 0 aromatic rings. The highest BCUT2D eigenvalue weighted by atomic mass is 32.2. The van der Waals surface area contributed by atoms with Crippen LogP contribution in [0.25, 0.3) is 0 Å². The highest BCUT2D eigenvalue weighted by Crippen LogP contribution is 2.25. The maximum atomic E-state index is 11.3. The molecule has 2 N–H and O–H groups in total. The number of carboxylic acid groups (broad SMARTS) is 1. The second-order valence-corrected chi connectivity index (χ2v) is 4.25. The number of hydrogen-bond acceptors (Lipinski definition) is 3. The number of aliphatic carboxylic acids is 1. The number of nitrogens with one attached hydrogen (secondary N) is 1. The van der Waals surface area contributed by atoms with Crippen LogP contribution in [0.5, 0.6) is 0 Å². The summed E-state index contributed by atoms with van der Waals surface area (Å²) in [7, 11) is 0. The van der Waals surface area contributed by atoms with Crippen LogP contribution in [-0.4, -0.2) is 34.5 Å². The minimum atomic E-state index is -0.876. The van der Waals surface area contributed by atoms with E-state index >= 15 is 0 Å². The number of rotatable bonds is 4. The molecule has 4 nitrogen and oxygen atoms in total. The first-order valence-corrected chi connectivity index (χ1v) is 5.36. The van der Waals surface area contributed by atoms with E-state index in [1.54, 1.807) is 11.8 Å². The van der Waals surface area contributed by atoms with Gasteiger partial charge in [-0.1, -0.05) is 0 Å². The number of thioether (sulfide) groups is 1. The largest absolute Gasteiger partial charge is 0.481 e. The maximum Gasteiger partial charge on any atom is 0.305 e. The molecule has 1 aliphatic heterocycles. The fourth-order valence-electron chi connectivity index (χ4n) is 1.19. The van der Waals surface area contributed by atoms with Gasteiger partial charge in [-0.25, -0.2) is 0 Å².